The largest absolute Gasteiger partial charge is 0.493 e. The molecule has 0 spiro atoms. The molecule has 1 aliphatic rings. The molecule has 3 aromatic rings. The number of hydrogen-bond donors (Lipinski definition) is 1. The van der Waals surface area contributed by atoms with E-state index in [0.29, 0.717) is 13.2 Å². The minimum absolute atomic E-state index is 0.199. The first-order valence-corrected chi connectivity index (χ1v) is 10.3. The molecule has 4 nitrogen and oxygen atoms in total. The van der Waals surface area contributed by atoms with E-state index >= 15 is 0 Å². The summed E-state index contributed by atoms with van der Waals surface area (Å²) in [7, 11) is 0. The Kier molecular flexibility index (Phi) is 6.11. The predicted octanol–water partition coefficient (Wildman–Crippen LogP) is 4.34. The summed E-state index contributed by atoms with van der Waals surface area (Å²) in [5.41, 5.74) is 3.92. The lowest BCUT2D eigenvalue weighted by molar-refractivity contribution is -0.137. The van der Waals surface area contributed by atoms with Gasteiger partial charge in [-0.1, -0.05) is 54.6 Å². The van der Waals surface area contributed by atoms with Crippen LogP contribution < -0.4 is 4.74 Å². The molecule has 0 bridgehead atoms. The van der Waals surface area contributed by atoms with Crippen molar-refractivity contribution in [1.29, 1.82) is 0 Å². The van der Waals surface area contributed by atoms with Gasteiger partial charge >= 0.3 is 5.97 Å². The molecule has 1 heterocycles. The van der Waals surface area contributed by atoms with Crippen molar-refractivity contribution in [3.05, 3.63) is 77.4 Å². The smallest absolute Gasteiger partial charge is 0.304 e. The lowest BCUT2D eigenvalue weighted by atomic mass is 10.0. The molecule has 3 aromatic carbocycles. The van der Waals surface area contributed by atoms with E-state index in [1.54, 1.807) is 0 Å². The number of hydrogen-bond acceptors (Lipinski definition) is 3. The maximum Gasteiger partial charge on any atom is 0.304 e. The van der Waals surface area contributed by atoms with Crippen LogP contribution in [0.25, 0.3) is 10.8 Å². The van der Waals surface area contributed by atoms with Gasteiger partial charge in [-0.05, 0) is 46.4 Å². The average Bonchev–Trinajstić information content (AvgIpc) is 2.95. The van der Waals surface area contributed by atoms with Crippen LogP contribution in [0.5, 0.6) is 5.75 Å². The van der Waals surface area contributed by atoms with Gasteiger partial charge in [-0.2, -0.15) is 0 Å². The van der Waals surface area contributed by atoms with Crippen molar-refractivity contribution in [2.45, 2.75) is 25.7 Å². The summed E-state index contributed by atoms with van der Waals surface area (Å²) in [6.07, 6.45) is 2.91. The molecule has 150 valence electrons. The maximum absolute atomic E-state index is 10.9. The van der Waals surface area contributed by atoms with Crippen molar-refractivity contribution in [2.24, 2.45) is 0 Å². The fraction of sp³-hybridized carbons (Fsp3) is 0.320. The second-order valence-corrected chi connectivity index (χ2v) is 7.62. The van der Waals surface area contributed by atoms with Crippen molar-refractivity contribution in [2.75, 3.05) is 26.2 Å². The van der Waals surface area contributed by atoms with Crippen molar-refractivity contribution < 1.29 is 14.6 Å². The summed E-state index contributed by atoms with van der Waals surface area (Å²) in [5.74, 6) is 0.243. The molecule has 29 heavy (non-hydrogen) atoms. The molecule has 0 aromatic heterocycles. The van der Waals surface area contributed by atoms with Gasteiger partial charge in [0, 0.05) is 26.1 Å². The Morgan fingerprint density at radius 2 is 1.76 bits per heavy atom. The van der Waals surface area contributed by atoms with Crippen LogP contribution in [-0.4, -0.2) is 42.2 Å². The topological polar surface area (TPSA) is 49.8 Å². The van der Waals surface area contributed by atoms with Crippen LogP contribution in [0.15, 0.2) is 60.7 Å². The van der Waals surface area contributed by atoms with E-state index in [1.165, 1.54) is 27.5 Å². The first-order valence-electron chi connectivity index (χ1n) is 10.3. The Balaban J connectivity index is 1.41. The van der Waals surface area contributed by atoms with Gasteiger partial charge in [0.25, 0.3) is 0 Å². The Bertz CT molecular complexity index is 993. The Labute approximate surface area is 171 Å². The number of carbonyl (C=O) groups is 1. The molecule has 0 aliphatic carbocycles. The van der Waals surface area contributed by atoms with E-state index < -0.39 is 5.97 Å². The molecule has 0 saturated heterocycles. The Morgan fingerprint density at radius 1 is 0.966 bits per heavy atom. The molecular weight excluding hydrogens is 362 g/mol. The van der Waals surface area contributed by atoms with Crippen LogP contribution in [-0.2, 0) is 24.1 Å². The number of fused-ring (bicyclic) bond motifs is 2. The first kappa shape index (κ1) is 19.5. The standard InChI is InChI=1S/C25H27NO3/c27-25(28)13-17-26-15-11-20-8-4-10-24(23(20)12-16-26)29-18-14-21-7-3-6-19-5-1-2-9-22(19)21/h1-10H,11-18H2,(H,27,28). The van der Waals surface area contributed by atoms with Crippen LogP contribution in [0.4, 0.5) is 0 Å². The summed E-state index contributed by atoms with van der Waals surface area (Å²) in [4.78, 5) is 13.1. The molecule has 0 amide bonds. The van der Waals surface area contributed by atoms with Gasteiger partial charge in [0.2, 0.25) is 0 Å². The molecular formula is C25H27NO3. The van der Waals surface area contributed by atoms with Gasteiger partial charge in [-0.15, -0.1) is 0 Å². The lowest BCUT2D eigenvalue weighted by Crippen LogP contribution is -2.28. The van der Waals surface area contributed by atoms with Crippen LogP contribution in [0.3, 0.4) is 0 Å². The highest BCUT2D eigenvalue weighted by Crippen LogP contribution is 2.27. The molecule has 1 aliphatic heterocycles. The average molecular weight is 389 g/mol. The predicted molar refractivity (Wildman–Crippen MR) is 116 cm³/mol. The normalized spacial score (nSPS) is 14.3. The van der Waals surface area contributed by atoms with Crippen LogP contribution in [0.1, 0.15) is 23.1 Å². The highest BCUT2D eigenvalue weighted by molar-refractivity contribution is 5.85. The summed E-state index contributed by atoms with van der Waals surface area (Å²) >= 11 is 0. The molecule has 0 radical (unpaired) electrons. The van der Waals surface area contributed by atoms with Gasteiger partial charge < -0.3 is 14.7 Å². The third-order valence-corrected chi connectivity index (χ3v) is 5.76. The number of carboxylic acids is 1. The van der Waals surface area contributed by atoms with E-state index in [4.69, 9.17) is 9.84 Å². The van der Waals surface area contributed by atoms with Crippen molar-refractivity contribution in [3.63, 3.8) is 0 Å². The summed E-state index contributed by atoms with van der Waals surface area (Å²) in [6, 6.07) is 21.2. The molecule has 0 atom stereocenters. The van der Waals surface area contributed by atoms with Crippen LogP contribution in [0, 0.1) is 0 Å². The lowest BCUT2D eigenvalue weighted by Gasteiger charge is -2.18. The van der Waals surface area contributed by atoms with Crippen molar-refractivity contribution in [1.82, 2.24) is 4.90 Å². The van der Waals surface area contributed by atoms with Crippen LogP contribution >= 0.6 is 0 Å². The molecule has 0 saturated carbocycles. The third-order valence-electron chi connectivity index (χ3n) is 5.76. The number of aliphatic carboxylic acids is 1. The van der Waals surface area contributed by atoms with Crippen molar-refractivity contribution >= 4 is 16.7 Å². The highest BCUT2D eigenvalue weighted by Gasteiger charge is 2.17. The highest BCUT2D eigenvalue weighted by atomic mass is 16.5. The zero-order valence-corrected chi connectivity index (χ0v) is 16.6. The maximum atomic E-state index is 10.9. The van der Waals surface area contributed by atoms with Gasteiger partial charge in [-0.25, -0.2) is 0 Å². The Morgan fingerprint density at radius 3 is 2.66 bits per heavy atom. The summed E-state index contributed by atoms with van der Waals surface area (Å²) in [6.45, 7) is 3.04. The SMILES string of the molecule is O=C(O)CCN1CCc2cccc(OCCc3cccc4ccccc34)c2CC1. The second kappa shape index (κ2) is 9.10. The number of carboxylic acid groups (broad SMARTS) is 1. The third kappa shape index (κ3) is 4.77. The fourth-order valence-corrected chi connectivity index (χ4v) is 4.18. The van der Waals surface area contributed by atoms with Crippen molar-refractivity contribution in [3.8, 4) is 5.75 Å². The zero-order chi connectivity index (χ0) is 20.1. The Hall–Kier alpha value is -2.85. The van der Waals surface area contributed by atoms with E-state index in [1.807, 2.05) is 0 Å². The van der Waals surface area contributed by atoms with Crippen LogP contribution in [0.2, 0.25) is 0 Å². The molecule has 4 rings (SSSR count). The number of ether oxygens (including phenoxy) is 1. The minimum Gasteiger partial charge on any atom is -0.493 e. The van der Waals surface area contributed by atoms with Gasteiger partial charge in [0.15, 0.2) is 0 Å². The molecule has 0 fully saturated rings. The second-order valence-electron chi connectivity index (χ2n) is 7.62. The first-order chi connectivity index (χ1) is 14.2. The number of benzene rings is 3. The molecule has 4 heteroatoms. The monoisotopic (exact) mass is 389 g/mol. The van der Waals surface area contributed by atoms with Gasteiger partial charge in [0.05, 0.1) is 13.0 Å². The molecule has 0 unspecified atom stereocenters. The number of rotatable bonds is 7. The van der Waals surface area contributed by atoms with Gasteiger partial charge in [0.1, 0.15) is 5.75 Å². The quantitative estimate of drug-likeness (QED) is 0.653. The van der Waals surface area contributed by atoms with E-state index in [-0.39, 0.29) is 6.42 Å². The summed E-state index contributed by atoms with van der Waals surface area (Å²) in [5, 5.41) is 11.5. The van der Waals surface area contributed by atoms with Gasteiger partial charge in [-0.3, -0.25) is 4.79 Å². The fourth-order valence-electron chi connectivity index (χ4n) is 4.18. The molecule has 1 N–H and O–H groups in total. The minimum atomic E-state index is -0.732. The van der Waals surface area contributed by atoms with E-state index in [9.17, 15) is 4.79 Å². The van der Waals surface area contributed by atoms with E-state index in [2.05, 4.69) is 65.6 Å². The van der Waals surface area contributed by atoms with E-state index in [0.717, 1.165) is 38.1 Å². The number of nitrogens with zero attached hydrogens (tertiary/aromatic N) is 1. The summed E-state index contributed by atoms with van der Waals surface area (Å²) < 4.78 is 6.23. The zero-order valence-electron chi connectivity index (χ0n) is 16.6.